The molecule has 124 valence electrons. The number of halogens is 2. The number of rotatable bonds is 4. The molecule has 24 heavy (non-hydrogen) atoms. The number of nitrogen functional groups attached to an aromatic ring is 1. The molecule has 6 nitrogen and oxygen atoms in total. The zero-order valence-electron chi connectivity index (χ0n) is 13.2. The van der Waals surface area contributed by atoms with Crippen LogP contribution in [-0.4, -0.2) is 20.2 Å². The highest BCUT2D eigenvalue weighted by Gasteiger charge is 2.24. The van der Waals surface area contributed by atoms with Gasteiger partial charge in [-0.15, -0.1) is 0 Å². The van der Waals surface area contributed by atoms with Crippen LogP contribution >= 0.6 is 11.6 Å². The maximum Gasteiger partial charge on any atom is 0.235 e. The minimum atomic E-state index is -0.295. The molecule has 0 amide bonds. The third-order valence-corrected chi connectivity index (χ3v) is 3.79. The monoisotopic (exact) mass is 346 g/mol. The van der Waals surface area contributed by atoms with Crippen LogP contribution in [0.5, 0.6) is 0 Å². The van der Waals surface area contributed by atoms with Crippen molar-refractivity contribution in [1.29, 1.82) is 0 Å². The minimum Gasteiger partial charge on any atom is -0.383 e. The lowest BCUT2D eigenvalue weighted by Crippen LogP contribution is -2.24. The number of nitrogens with zero attached hydrogens (tertiary/aromatic N) is 4. The quantitative estimate of drug-likeness (QED) is 0.702. The van der Waals surface area contributed by atoms with E-state index in [-0.39, 0.29) is 22.8 Å². The van der Waals surface area contributed by atoms with E-state index in [0.29, 0.717) is 11.8 Å². The third-order valence-electron chi connectivity index (χ3n) is 3.60. The summed E-state index contributed by atoms with van der Waals surface area (Å²) in [5, 5.41) is 7.41. The van der Waals surface area contributed by atoms with Crippen LogP contribution in [0.15, 0.2) is 36.4 Å². The number of hydrogen-bond acceptors (Lipinski definition) is 5. The minimum absolute atomic E-state index is 0.217. The summed E-state index contributed by atoms with van der Waals surface area (Å²) in [6, 6.07) is 9.36. The van der Waals surface area contributed by atoms with Crippen LogP contribution in [0.25, 0.3) is 0 Å². The number of aromatic amines is 1. The van der Waals surface area contributed by atoms with E-state index >= 15 is 0 Å². The van der Waals surface area contributed by atoms with Crippen LogP contribution in [0.3, 0.4) is 0 Å². The number of hydrogen-bond donors (Lipinski definition) is 2. The molecular formula is C16H16ClFN6. The molecule has 0 unspecified atom stereocenters. The zero-order valence-corrected chi connectivity index (χ0v) is 13.9. The molecule has 0 aliphatic carbocycles. The van der Waals surface area contributed by atoms with Gasteiger partial charge >= 0.3 is 0 Å². The molecule has 0 aliphatic heterocycles. The second-order valence-electron chi connectivity index (χ2n) is 5.42. The maximum absolute atomic E-state index is 13.2. The van der Waals surface area contributed by atoms with Gasteiger partial charge in [0.05, 0.1) is 6.04 Å². The summed E-state index contributed by atoms with van der Waals surface area (Å²) >= 11 is 6.02. The number of benzene rings is 1. The normalized spacial score (nSPS) is 12.2. The van der Waals surface area contributed by atoms with Crippen LogP contribution in [0, 0.1) is 12.7 Å². The molecule has 2 heterocycles. The Kier molecular flexibility index (Phi) is 4.35. The molecule has 0 spiro atoms. The molecule has 0 saturated heterocycles. The van der Waals surface area contributed by atoms with Gasteiger partial charge in [0.15, 0.2) is 5.82 Å². The fourth-order valence-corrected chi connectivity index (χ4v) is 2.61. The first-order valence-electron chi connectivity index (χ1n) is 7.31. The number of nitrogens with two attached hydrogens (primary N) is 1. The van der Waals surface area contributed by atoms with Gasteiger partial charge in [-0.1, -0.05) is 23.7 Å². The van der Waals surface area contributed by atoms with Crippen molar-refractivity contribution in [3.8, 4) is 0 Å². The average molecular weight is 347 g/mol. The Balaban J connectivity index is 2.09. The largest absolute Gasteiger partial charge is 0.383 e. The smallest absolute Gasteiger partial charge is 0.235 e. The fraction of sp³-hybridized carbons (Fsp3) is 0.188. The summed E-state index contributed by atoms with van der Waals surface area (Å²) < 4.78 is 13.2. The van der Waals surface area contributed by atoms with Crippen molar-refractivity contribution in [2.24, 2.45) is 0 Å². The average Bonchev–Trinajstić information content (AvgIpc) is 2.93. The van der Waals surface area contributed by atoms with Gasteiger partial charge in [0.1, 0.15) is 16.8 Å². The van der Waals surface area contributed by atoms with Gasteiger partial charge in [-0.05, 0) is 31.5 Å². The standard InChI is InChI=1S/C16H16ClFN6/c1-9-7-15(23-22-9)24(16-20-13(17)8-14(19)21-16)10(2)11-3-5-12(18)6-4-11/h3-8,10H,1-2H3,(H,22,23)(H2,19,20,21)/t10-/m0/s1. The first-order chi connectivity index (χ1) is 11.4. The predicted octanol–water partition coefficient (Wildman–Crippen LogP) is 3.78. The number of anilines is 3. The van der Waals surface area contributed by atoms with Crippen LogP contribution in [0.2, 0.25) is 5.15 Å². The predicted molar refractivity (Wildman–Crippen MR) is 91.7 cm³/mol. The van der Waals surface area contributed by atoms with E-state index in [0.717, 1.165) is 11.3 Å². The Hall–Kier alpha value is -2.67. The maximum atomic E-state index is 13.2. The topological polar surface area (TPSA) is 83.7 Å². The van der Waals surface area contributed by atoms with Crippen molar-refractivity contribution in [3.05, 3.63) is 58.6 Å². The van der Waals surface area contributed by atoms with E-state index in [1.807, 2.05) is 19.9 Å². The number of aromatic nitrogens is 4. The first-order valence-corrected chi connectivity index (χ1v) is 7.68. The molecule has 3 N–H and O–H groups in total. The number of nitrogens with one attached hydrogen (secondary N) is 1. The van der Waals surface area contributed by atoms with Gasteiger partial charge in [-0.2, -0.15) is 10.1 Å². The second kappa shape index (κ2) is 6.45. The van der Waals surface area contributed by atoms with E-state index in [9.17, 15) is 4.39 Å². The van der Waals surface area contributed by atoms with Crippen molar-refractivity contribution < 1.29 is 4.39 Å². The summed E-state index contributed by atoms with van der Waals surface area (Å²) in [7, 11) is 0. The van der Waals surface area contributed by atoms with Gasteiger partial charge in [0.25, 0.3) is 0 Å². The van der Waals surface area contributed by atoms with Crippen LogP contribution in [0.1, 0.15) is 24.2 Å². The Morgan fingerprint density at radius 2 is 1.92 bits per heavy atom. The summed E-state index contributed by atoms with van der Waals surface area (Å²) in [6.45, 7) is 3.84. The van der Waals surface area contributed by atoms with E-state index < -0.39 is 0 Å². The molecule has 0 fully saturated rings. The van der Waals surface area contributed by atoms with Gasteiger partial charge in [0, 0.05) is 17.8 Å². The van der Waals surface area contributed by atoms with Crippen molar-refractivity contribution in [1.82, 2.24) is 20.2 Å². The molecule has 0 aliphatic rings. The Labute approximate surface area is 143 Å². The summed E-state index contributed by atoms with van der Waals surface area (Å²) in [6.07, 6.45) is 0. The molecule has 2 aromatic heterocycles. The number of aryl methyl sites for hydroxylation is 1. The van der Waals surface area contributed by atoms with Crippen molar-refractivity contribution >= 4 is 29.2 Å². The highest BCUT2D eigenvalue weighted by atomic mass is 35.5. The Bertz CT molecular complexity index is 828. The summed E-state index contributed by atoms with van der Waals surface area (Å²) in [4.78, 5) is 10.3. The third kappa shape index (κ3) is 3.30. The molecule has 1 atom stereocenters. The molecular weight excluding hydrogens is 331 g/mol. The lowest BCUT2D eigenvalue weighted by atomic mass is 10.1. The van der Waals surface area contributed by atoms with Crippen molar-refractivity contribution in [3.63, 3.8) is 0 Å². The highest BCUT2D eigenvalue weighted by Crippen LogP contribution is 2.33. The van der Waals surface area contributed by atoms with Crippen LogP contribution < -0.4 is 10.6 Å². The Morgan fingerprint density at radius 3 is 2.50 bits per heavy atom. The zero-order chi connectivity index (χ0) is 17.3. The molecule has 3 rings (SSSR count). The van der Waals surface area contributed by atoms with Gasteiger partial charge in [-0.3, -0.25) is 10.00 Å². The highest BCUT2D eigenvalue weighted by molar-refractivity contribution is 6.29. The first kappa shape index (κ1) is 16.2. The van der Waals surface area contributed by atoms with E-state index in [2.05, 4.69) is 20.2 Å². The van der Waals surface area contributed by atoms with Gasteiger partial charge < -0.3 is 5.73 Å². The second-order valence-corrected chi connectivity index (χ2v) is 5.81. The Morgan fingerprint density at radius 1 is 1.21 bits per heavy atom. The number of H-pyrrole nitrogens is 1. The van der Waals surface area contributed by atoms with Crippen molar-refractivity contribution in [2.75, 3.05) is 10.6 Å². The van der Waals surface area contributed by atoms with Crippen molar-refractivity contribution in [2.45, 2.75) is 19.9 Å². The molecule has 8 heteroatoms. The summed E-state index contributed by atoms with van der Waals surface area (Å²) in [5.74, 6) is 0.902. The molecule has 0 radical (unpaired) electrons. The van der Waals surface area contributed by atoms with E-state index in [1.165, 1.54) is 18.2 Å². The summed E-state index contributed by atoms with van der Waals surface area (Å²) in [5.41, 5.74) is 7.56. The van der Waals surface area contributed by atoms with Crippen LogP contribution in [-0.2, 0) is 0 Å². The lowest BCUT2D eigenvalue weighted by molar-refractivity contribution is 0.625. The van der Waals surface area contributed by atoms with Gasteiger partial charge in [0.2, 0.25) is 5.95 Å². The molecule has 3 aromatic rings. The van der Waals surface area contributed by atoms with E-state index in [4.69, 9.17) is 17.3 Å². The molecule has 1 aromatic carbocycles. The molecule has 0 bridgehead atoms. The van der Waals surface area contributed by atoms with E-state index in [1.54, 1.807) is 17.0 Å². The molecule has 0 saturated carbocycles. The van der Waals surface area contributed by atoms with Crippen LogP contribution in [0.4, 0.5) is 22.0 Å². The fourth-order valence-electron chi connectivity index (χ4n) is 2.42. The SMILES string of the molecule is Cc1cc(N(c2nc(N)cc(Cl)n2)[C@@H](C)c2ccc(F)cc2)n[nH]1. The lowest BCUT2D eigenvalue weighted by Gasteiger charge is -2.27. The van der Waals surface area contributed by atoms with Gasteiger partial charge in [-0.25, -0.2) is 9.37 Å².